The Morgan fingerprint density at radius 1 is 1.03 bits per heavy atom. The lowest BCUT2D eigenvalue weighted by Crippen LogP contribution is -2.32. The number of hydrogen-bond donors (Lipinski definition) is 3. The van der Waals surface area contributed by atoms with Gasteiger partial charge in [0.25, 0.3) is 0 Å². The fourth-order valence-corrected chi connectivity index (χ4v) is 5.02. The van der Waals surface area contributed by atoms with E-state index >= 15 is 0 Å². The van der Waals surface area contributed by atoms with Crippen LogP contribution in [0.3, 0.4) is 0 Å². The average molecular weight is 440 g/mol. The number of aromatic nitrogens is 3. The molecule has 1 aromatic heterocycles. The largest absolute Gasteiger partial charge is 0.356 e. The first-order valence-corrected chi connectivity index (χ1v) is 11.3. The van der Waals surface area contributed by atoms with Gasteiger partial charge in [-0.25, -0.2) is 13.1 Å². The van der Waals surface area contributed by atoms with Crippen LogP contribution in [0.1, 0.15) is 40.1 Å². The van der Waals surface area contributed by atoms with Crippen molar-refractivity contribution in [1.82, 2.24) is 24.8 Å². The van der Waals surface area contributed by atoms with Crippen molar-refractivity contribution in [2.45, 2.75) is 52.4 Å². The van der Waals surface area contributed by atoms with Crippen LogP contribution in [0.5, 0.6) is 0 Å². The van der Waals surface area contributed by atoms with Gasteiger partial charge in [-0.2, -0.15) is 5.10 Å². The zero-order valence-electron chi connectivity index (χ0n) is 17.8. The number of nitrogens with one attached hydrogen (secondary N) is 3. The van der Waals surface area contributed by atoms with E-state index in [1.54, 1.807) is 11.6 Å². The summed E-state index contributed by atoms with van der Waals surface area (Å²) >= 11 is 5.04. The second-order valence-corrected chi connectivity index (χ2v) is 9.30. The number of hydrogen-bond acceptors (Lipinski definition) is 5. The molecule has 2 rings (SSSR count). The fraction of sp³-hybridized carbons (Fsp3) is 0.526. The van der Waals surface area contributed by atoms with E-state index in [-0.39, 0.29) is 18.9 Å². The molecule has 0 unspecified atom stereocenters. The molecule has 0 radical (unpaired) electrons. The Morgan fingerprint density at radius 2 is 1.59 bits per heavy atom. The van der Waals surface area contributed by atoms with Crippen molar-refractivity contribution in [3.05, 3.63) is 38.4 Å². The minimum atomic E-state index is -3.70. The standard InChI is InChI=1S/C19H29N5O3S2/c1-11-12(2)14(4)18(15(5)13(11)3)29(26,27)21-10-8-17(25)20-9-7-16-22-23-19(28)24(16)6/h21H,7-10H2,1-6H3,(H,20,25)(H,23,28). The molecule has 0 spiro atoms. The van der Waals surface area contributed by atoms with E-state index < -0.39 is 10.0 Å². The van der Waals surface area contributed by atoms with Crippen molar-refractivity contribution in [3.63, 3.8) is 0 Å². The van der Waals surface area contributed by atoms with Crippen molar-refractivity contribution >= 4 is 28.1 Å². The third kappa shape index (κ3) is 5.12. The molecule has 10 heteroatoms. The molecule has 160 valence electrons. The molecule has 3 N–H and O–H groups in total. The van der Waals surface area contributed by atoms with E-state index in [0.29, 0.717) is 22.6 Å². The highest BCUT2D eigenvalue weighted by Gasteiger charge is 2.23. The summed E-state index contributed by atoms with van der Waals surface area (Å²) in [5.41, 5.74) is 4.54. The van der Waals surface area contributed by atoms with Gasteiger partial charge in [0.1, 0.15) is 5.82 Å². The van der Waals surface area contributed by atoms with Crippen molar-refractivity contribution in [1.29, 1.82) is 0 Å². The SMILES string of the molecule is Cc1c(C)c(C)c(S(=O)(=O)NCCC(=O)NCCc2n[nH]c(=S)n2C)c(C)c1C. The number of carbonyl (C=O) groups is 1. The monoisotopic (exact) mass is 439 g/mol. The lowest BCUT2D eigenvalue weighted by Gasteiger charge is -2.19. The summed E-state index contributed by atoms with van der Waals surface area (Å²) in [6.45, 7) is 9.92. The molecule has 1 aromatic carbocycles. The molecule has 1 amide bonds. The van der Waals surface area contributed by atoms with Crippen LogP contribution in [-0.4, -0.2) is 42.2 Å². The van der Waals surface area contributed by atoms with Gasteiger partial charge < -0.3 is 9.88 Å². The number of carbonyl (C=O) groups excluding carboxylic acids is 1. The Balaban J connectivity index is 1.93. The second-order valence-electron chi connectivity index (χ2n) is 7.21. The van der Waals surface area contributed by atoms with Gasteiger partial charge in [-0.15, -0.1) is 0 Å². The van der Waals surface area contributed by atoms with Gasteiger partial charge in [0.2, 0.25) is 15.9 Å². The van der Waals surface area contributed by atoms with Gasteiger partial charge in [0.15, 0.2) is 4.77 Å². The molecule has 29 heavy (non-hydrogen) atoms. The van der Waals surface area contributed by atoms with Gasteiger partial charge in [0.05, 0.1) is 4.90 Å². The first-order chi connectivity index (χ1) is 13.5. The van der Waals surface area contributed by atoms with Crippen LogP contribution in [0.25, 0.3) is 0 Å². The van der Waals surface area contributed by atoms with Crippen molar-refractivity contribution in [2.24, 2.45) is 7.05 Å². The van der Waals surface area contributed by atoms with Gasteiger partial charge >= 0.3 is 0 Å². The molecule has 0 fully saturated rings. The van der Waals surface area contributed by atoms with Crippen LogP contribution in [0.4, 0.5) is 0 Å². The van der Waals surface area contributed by atoms with E-state index in [9.17, 15) is 13.2 Å². The summed E-state index contributed by atoms with van der Waals surface area (Å²) in [6, 6.07) is 0. The van der Waals surface area contributed by atoms with Gasteiger partial charge in [-0.05, 0) is 74.7 Å². The summed E-state index contributed by atoms with van der Waals surface area (Å²) in [5, 5.41) is 9.54. The third-order valence-electron chi connectivity index (χ3n) is 5.49. The first kappa shape index (κ1) is 23.2. The third-order valence-corrected chi connectivity index (χ3v) is 7.59. The molecule has 0 aliphatic rings. The summed E-state index contributed by atoms with van der Waals surface area (Å²) < 4.78 is 30.5. The number of rotatable bonds is 8. The Hall–Kier alpha value is -2.04. The highest BCUT2D eigenvalue weighted by Crippen LogP contribution is 2.29. The lowest BCUT2D eigenvalue weighted by molar-refractivity contribution is -0.120. The molecule has 0 bridgehead atoms. The maximum atomic E-state index is 12.8. The minimum Gasteiger partial charge on any atom is -0.356 e. The molecular formula is C19H29N5O3S2. The Bertz CT molecular complexity index is 1050. The van der Waals surface area contributed by atoms with E-state index in [4.69, 9.17) is 12.2 Å². The number of benzene rings is 1. The second kappa shape index (κ2) is 9.19. The van der Waals surface area contributed by atoms with Gasteiger partial charge in [0, 0.05) is 33.0 Å². The van der Waals surface area contributed by atoms with Crippen LogP contribution < -0.4 is 10.0 Å². The predicted molar refractivity (Wildman–Crippen MR) is 115 cm³/mol. The summed E-state index contributed by atoms with van der Waals surface area (Å²) in [6.07, 6.45) is 0.585. The van der Waals surface area contributed by atoms with E-state index in [1.807, 2.05) is 34.6 Å². The van der Waals surface area contributed by atoms with Gasteiger partial charge in [-0.1, -0.05) is 0 Å². The number of amides is 1. The smallest absolute Gasteiger partial charge is 0.241 e. The highest BCUT2D eigenvalue weighted by atomic mass is 32.2. The zero-order chi connectivity index (χ0) is 21.9. The number of nitrogens with zero attached hydrogens (tertiary/aromatic N) is 2. The number of aromatic amines is 1. The first-order valence-electron chi connectivity index (χ1n) is 9.41. The van der Waals surface area contributed by atoms with Crippen molar-refractivity contribution < 1.29 is 13.2 Å². The fourth-order valence-electron chi connectivity index (χ4n) is 3.25. The van der Waals surface area contributed by atoms with Crippen LogP contribution in [-0.2, 0) is 28.3 Å². The van der Waals surface area contributed by atoms with E-state index in [0.717, 1.165) is 33.6 Å². The highest BCUT2D eigenvalue weighted by molar-refractivity contribution is 7.89. The summed E-state index contributed by atoms with van der Waals surface area (Å²) in [5.74, 6) is 0.515. The maximum Gasteiger partial charge on any atom is 0.241 e. The number of sulfonamides is 1. The Kier molecular flexibility index (Phi) is 7.36. The summed E-state index contributed by atoms with van der Waals surface area (Å²) in [7, 11) is -1.90. The lowest BCUT2D eigenvalue weighted by atomic mass is 9.95. The minimum absolute atomic E-state index is 0.0332. The maximum absolute atomic E-state index is 12.8. The summed E-state index contributed by atoms with van der Waals surface area (Å²) in [4.78, 5) is 12.3. The molecule has 0 saturated carbocycles. The molecular weight excluding hydrogens is 410 g/mol. The Morgan fingerprint density at radius 3 is 2.10 bits per heavy atom. The zero-order valence-corrected chi connectivity index (χ0v) is 19.4. The van der Waals surface area contributed by atoms with Crippen LogP contribution in [0.15, 0.2) is 4.90 Å². The molecule has 0 atom stereocenters. The molecule has 0 saturated heterocycles. The average Bonchev–Trinajstić information content (AvgIpc) is 2.96. The number of H-pyrrole nitrogens is 1. The molecule has 1 heterocycles. The molecule has 0 aliphatic heterocycles. The Labute approximate surface area is 177 Å². The molecule has 0 aliphatic carbocycles. The van der Waals surface area contributed by atoms with Crippen LogP contribution >= 0.6 is 12.2 Å². The molecule has 2 aromatic rings. The topological polar surface area (TPSA) is 109 Å². The molecule has 8 nitrogen and oxygen atoms in total. The van der Waals surface area contributed by atoms with E-state index in [1.165, 1.54) is 0 Å². The van der Waals surface area contributed by atoms with E-state index in [2.05, 4.69) is 20.2 Å². The normalized spacial score (nSPS) is 11.7. The van der Waals surface area contributed by atoms with Crippen LogP contribution in [0, 0.1) is 39.4 Å². The van der Waals surface area contributed by atoms with Gasteiger partial charge in [-0.3, -0.25) is 9.89 Å². The predicted octanol–water partition coefficient (Wildman–Crippen LogP) is 2.05. The van der Waals surface area contributed by atoms with Crippen molar-refractivity contribution in [2.75, 3.05) is 13.1 Å². The van der Waals surface area contributed by atoms with Crippen molar-refractivity contribution in [3.8, 4) is 0 Å². The quantitative estimate of drug-likeness (QED) is 0.546. The van der Waals surface area contributed by atoms with Crippen LogP contribution in [0.2, 0.25) is 0 Å².